The summed E-state index contributed by atoms with van der Waals surface area (Å²) in [4.78, 5) is 22.8. The smallest absolute Gasteiger partial charge is 0.335 e. The van der Waals surface area contributed by atoms with Gasteiger partial charge in [-0.2, -0.15) is 0 Å². The molecule has 21 heavy (non-hydrogen) atoms. The highest BCUT2D eigenvalue weighted by Crippen LogP contribution is 2.25. The molecule has 0 spiro atoms. The molecule has 0 heterocycles. The molecule has 5 nitrogen and oxygen atoms in total. The van der Waals surface area contributed by atoms with E-state index in [4.69, 9.17) is 22.4 Å². The van der Waals surface area contributed by atoms with Gasteiger partial charge >= 0.3 is 5.97 Å². The normalized spacial score (nSPS) is 10.2. The van der Waals surface area contributed by atoms with Gasteiger partial charge in [-0.3, -0.25) is 4.79 Å². The summed E-state index contributed by atoms with van der Waals surface area (Å²) in [5.41, 5.74) is 5.38. The number of rotatable bonds is 3. The molecule has 108 valence electrons. The van der Waals surface area contributed by atoms with Gasteiger partial charge in [0.25, 0.3) is 5.91 Å². The summed E-state index contributed by atoms with van der Waals surface area (Å²) in [6.45, 7) is 0. The number of nitrogens with one attached hydrogen (secondary N) is 1. The Hall–Kier alpha value is -2.60. The molecule has 0 atom stereocenters. The summed E-state index contributed by atoms with van der Waals surface area (Å²) < 4.78 is 13.3. The number of carboxylic acids is 1. The molecule has 0 aliphatic rings. The third kappa shape index (κ3) is 3.11. The zero-order valence-corrected chi connectivity index (χ0v) is 11.3. The third-order valence-electron chi connectivity index (χ3n) is 2.76. The Morgan fingerprint density at radius 3 is 2.57 bits per heavy atom. The molecule has 0 aliphatic heterocycles. The first-order valence-corrected chi connectivity index (χ1v) is 6.16. The summed E-state index contributed by atoms with van der Waals surface area (Å²) in [6.07, 6.45) is 0. The molecule has 4 N–H and O–H groups in total. The molecule has 2 rings (SSSR count). The minimum atomic E-state index is -1.14. The number of nitrogens with two attached hydrogens (primary N) is 1. The van der Waals surface area contributed by atoms with Crippen LogP contribution in [0.25, 0.3) is 0 Å². The topological polar surface area (TPSA) is 92.4 Å². The second-order valence-corrected chi connectivity index (χ2v) is 4.56. The zero-order chi connectivity index (χ0) is 15.6. The fourth-order valence-electron chi connectivity index (χ4n) is 1.67. The van der Waals surface area contributed by atoms with Crippen LogP contribution in [0, 0.1) is 5.82 Å². The number of anilines is 2. The minimum Gasteiger partial charge on any atom is -0.478 e. The average Bonchev–Trinajstić information content (AvgIpc) is 2.43. The van der Waals surface area contributed by atoms with E-state index in [2.05, 4.69) is 5.32 Å². The Bertz CT molecular complexity index is 734. The maximum absolute atomic E-state index is 13.3. The van der Waals surface area contributed by atoms with E-state index in [-0.39, 0.29) is 27.5 Å². The van der Waals surface area contributed by atoms with Crippen molar-refractivity contribution < 1.29 is 19.1 Å². The molecule has 1 amide bonds. The molecule has 0 saturated heterocycles. The highest BCUT2D eigenvalue weighted by atomic mass is 35.5. The van der Waals surface area contributed by atoms with Crippen LogP contribution in [0.3, 0.4) is 0 Å². The van der Waals surface area contributed by atoms with Crippen LogP contribution >= 0.6 is 11.6 Å². The van der Waals surface area contributed by atoms with Crippen LogP contribution in [0.5, 0.6) is 0 Å². The second-order valence-electron chi connectivity index (χ2n) is 4.15. The Kier molecular flexibility index (Phi) is 4.09. The van der Waals surface area contributed by atoms with Crippen LogP contribution in [0.1, 0.15) is 20.7 Å². The van der Waals surface area contributed by atoms with Crippen LogP contribution in [0.15, 0.2) is 36.4 Å². The van der Waals surface area contributed by atoms with E-state index in [0.717, 1.165) is 6.07 Å². The van der Waals surface area contributed by atoms with Gasteiger partial charge in [-0.1, -0.05) is 17.7 Å². The Morgan fingerprint density at radius 2 is 1.95 bits per heavy atom. The minimum absolute atomic E-state index is 0.0109. The molecule has 0 aromatic heterocycles. The number of aromatic carboxylic acids is 1. The fourth-order valence-corrected chi connectivity index (χ4v) is 1.90. The van der Waals surface area contributed by atoms with Gasteiger partial charge in [-0.05, 0) is 30.3 Å². The number of carbonyl (C=O) groups is 2. The maximum Gasteiger partial charge on any atom is 0.335 e. The first kappa shape index (κ1) is 14.8. The van der Waals surface area contributed by atoms with Crippen molar-refractivity contribution in [3.8, 4) is 0 Å². The monoisotopic (exact) mass is 308 g/mol. The summed E-state index contributed by atoms with van der Waals surface area (Å²) in [5, 5.41) is 11.3. The number of hydrogen-bond acceptors (Lipinski definition) is 3. The van der Waals surface area contributed by atoms with Crippen molar-refractivity contribution in [2.75, 3.05) is 11.1 Å². The second kappa shape index (κ2) is 5.80. The molecule has 7 heteroatoms. The summed E-state index contributed by atoms with van der Waals surface area (Å²) in [7, 11) is 0. The van der Waals surface area contributed by atoms with Gasteiger partial charge in [-0.15, -0.1) is 0 Å². The van der Waals surface area contributed by atoms with Crippen molar-refractivity contribution in [3.63, 3.8) is 0 Å². The van der Waals surface area contributed by atoms with Crippen molar-refractivity contribution >= 4 is 34.9 Å². The molecule has 2 aromatic rings. The molecule has 0 fully saturated rings. The predicted octanol–water partition coefficient (Wildman–Crippen LogP) is 3.01. The fraction of sp³-hybridized carbons (Fsp3) is 0. The van der Waals surface area contributed by atoms with Crippen molar-refractivity contribution in [1.29, 1.82) is 0 Å². The van der Waals surface area contributed by atoms with Crippen molar-refractivity contribution in [2.45, 2.75) is 0 Å². The summed E-state index contributed by atoms with van der Waals surface area (Å²) >= 11 is 5.89. The number of benzene rings is 2. The average molecular weight is 309 g/mol. The van der Waals surface area contributed by atoms with Gasteiger partial charge in [0.1, 0.15) is 5.82 Å². The number of carboxylic acid groups (broad SMARTS) is 1. The lowest BCUT2D eigenvalue weighted by Crippen LogP contribution is -2.15. The summed E-state index contributed by atoms with van der Waals surface area (Å²) in [6, 6.07) is 7.70. The van der Waals surface area contributed by atoms with E-state index < -0.39 is 17.7 Å². The Labute approximate surface area is 124 Å². The summed E-state index contributed by atoms with van der Waals surface area (Å²) in [5.74, 6) is -2.48. The highest BCUT2D eigenvalue weighted by molar-refractivity contribution is 6.34. The predicted molar refractivity (Wildman–Crippen MR) is 77.2 cm³/mol. The number of para-hydroxylation sites is 1. The molecule has 0 bridgehead atoms. The molecule has 0 aliphatic carbocycles. The van der Waals surface area contributed by atoms with Crippen molar-refractivity contribution in [1.82, 2.24) is 0 Å². The molecule has 2 aromatic carbocycles. The van der Waals surface area contributed by atoms with Crippen molar-refractivity contribution in [2.24, 2.45) is 0 Å². The van der Waals surface area contributed by atoms with Crippen LogP contribution in [0.4, 0.5) is 15.8 Å². The number of hydrogen-bond donors (Lipinski definition) is 3. The molecule has 0 radical (unpaired) electrons. The van der Waals surface area contributed by atoms with Gasteiger partial charge in [0.2, 0.25) is 0 Å². The van der Waals surface area contributed by atoms with Crippen LogP contribution in [-0.2, 0) is 0 Å². The number of amides is 1. The lowest BCUT2D eigenvalue weighted by Gasteiger charge is -2.10. The van der Waals surface area contributed by atoms with Gasteiger partial charge < -0.3 is 16.2 Å². The van der Waals surface area contributed by atoms with Gasteiger partial charge in [-0.25, -0.2) is 9.18 Å². The quantitative estimate of drug-likeness (QED) is 0.760. The molecular weight excluding hydrogens is 299 g/mol. The van der Waals surface area contributed by atoms with E-state index in [9.17, 15) is 14.0 Å². The molecular formula is C14H10ClFN2O3. The van der Waals surface area contributed by atoms with E-state index >= 15 is 0 Å². The maximum atomic E-state index is 13.3. The lowest BCUT2D eigenvalue weighted by molar-refractivity contribution is 0.0696. The highest BCUT2D eigenvalue weighted by Gasteiger charge is 2.15. The van der Waals surface area contributed by atoms with E-state index in [1.807, 2.05) is 0 Å². The van der Waals surface area contributed by atoms with E-state index in [1.165, 1.54) is 30.3 Å². The standard InChI is InChI=1S/C14H10ClFN2O3/c15-9-6-7(14(20)21)4-5-11(9)18-13(19)8-2-1-3-10(16)12(8)17/h1-6H,17H2,(H,18,19)(H,20,21). The SMILES string of the molecule is Nc1c(F)cccc1C(=O)Nc1ccc(C(=O)O)cc1Cl. The third-order valence-corrected chi connectivity index (χ3v) is 3.07. The van der Waals surface area contributed by atoms with E-state index in [0.29, 0.717) is 0 Å². The first-order chi connectivity index (χ1) is 9.90. The zero-order valence-electron chi connectivity index (χ0n) is 10.6. The first-order valence-electron chi connectivity index (χ1n) is 5.78. The Morgan fingerprint density at radius 1 is 1.24 bits per heavy atom. The van der Waals surface area contributed by atoms with Gasteiger partial charge in [0, 0.05) is 0 Å². The van der Waals surface area contributed by atoms with Gasteiger partial charge in [0.15, 0.2) is 0 Å². The number of nitrogen functional groups attached to an aromatic ring is 1. The van der Waals surface area contributed by atoms with E-state index in [1.54, 1.807) is 0 Å². The molecule has 0 unspecified atom stereocenters. The van der Waals surface area contributed by atoms with Gasteiger partial charge in [0.05, 0.1) is 27.5 Å². The number of halogens is 2. The van der Waals surface area contributed by atoms with Crippen LogP contribution in [0.2, 0.25) is 5.02 Å². The molecule has 0 saturated carbocycles. The largest absolute Gasteiger partial charge is 0.478 e. The number of carbonyl (C=O) groups excluding carboxylic acids is 1. The van der Waals surface area contributed by atoms with Crippen LogP contribution < -0.4 is 11.1 Å². The van der Waals surface area contributed by atoms with Crippen LogP contribution in [-0.4, -0.2) is 17.0 Å². The lowest BCUT2D eigenvalue weighted by atomic mass is 10.1. The Balaban J connectivity index is 2.28. The van der Waals surface area contributed by atoms with Crippen molar-refractivity contribution in [3.05, 3.63) is 58.4 Å².